The smallest absolute Gasteiger partial charge is 0.223 e. The predicted molar refractivity (Wildman–Crippen MR) is 68.3 cm³/mol. The van der Waals surface area contributed by atoms with E-state index in [0.717, 1.165) is 37.2 Å². The maximum Gasteiger partial charge on any atom is 0.223 e. The Kier molecular flexibility index (Phi) is 3.98. The molecule has 1 saturated heterocycles. The van der Waals surface area contributed by atoms with Crippen molar-refractivity contribution in [1.29, 1.82) is 0 Å². The van der Waals surface area contributed by atoms with Crippen LogP contribution >= 0.6 is 0 Å². The number of para-hydroxylation sites is 1. The Labute approximate surface area is 102 Å². The van der Waals surface area contributed by atoms with Gasteiger partial charge in [-0.05, 0) is 37.6 Å². The van der Waals surface area contributed by atoms with E-state index in [1.165, 1.54) is 0 Å². The molecule has 1 aliphatic rings. The number of benzene rings is 1. The third-order valence-electron chi connectivity index (χ3n) is 3.22. The highest BCUT2D eigenvalue weighted by molar-refractivity contribution is 5.78. The van der Waals surface area contributed by atoms with Crippen LogP contribution in [0.3, 0.4) is 0 Å². The molecule has 17 heavy (non-hydrogen) atoms. The lowest BCUT2D eigenvalue weighted by Gasteiger charge is -2.21. The van der Waals surface area contributed by atoms with Crippen molar-refractivity contribution in [2.75, 3.05) is 18.8 Å². The molecular weight excluding hydrogens is 214 g/mol. The van der Waals surface area contributed by atoms with Crippen LogP contribution in [-0.4, -0.2) is 19.0 Å². The van der Waals surface area contributed by atoms with Crippen LogP contribution in [0.15, 0.2) is 24.3 Å². The number of rotatable bonds is 3. The number of nitrogens with one attached hydrogen (secondary N) is 2. The highest BCUT2D eigenvalue weighted by Crippen LogP contribution is 2.13. The van der Waals surface area contributed by atoms with Gasteiger partial charge in [0.1, 0.15) is 0 Å². The van der Waals surface area contributed by atoms with Gasteiger partial charge < -0.3 is 16.4 Å². The Hall–Kier alpha value is -1.55. The summed E-state index contributed by atoms with van der Waals surface area (Å²) in [5, 5.41) is 6.22. The summed E-state index contributed by atoms with van der Waals surface area (Å²) in [6.45, 7) is 2.40. The average Bonchev–Trinajstić information content (AvgIpc) is 2.38. The van der Waals surface area contributed by atoms with Gasteiger partial charge in [-0.2, -0.15) is 0 Å². The van der Waals surface area contributed by atoms with Crippen molar-refractivity contribution in [1.82, 2.24) is 10.6 Å². The van der Waals surface area contributed by atoms with Crippen molar-refractivity contribution in [3.8, 4) is 0 Å². The van der Waals surface area contributed by atoms with Gasteiger partial charge in [0.2, 0.25) is 5.91 Å². The molecule has 1 aliphatic heterocycles. The van der Waals surface area contributed by atoms with Crippen molar-refractivity contribution in [2.45, 2.75) is 19.4 Å². The number of hydrogen-bond donors (Lipinski definition) is 3. The minimum absolute atomic E-state index is 0.148. The summed E-state index contributed by atoms with van der Waals surface area (Å²) in [5.74, 6) is 0.302. The lowest BCUT2D eigenvalue weighted by atomic mass is 9.97. The number of carbonyl (C=O) groups excluding carboxylic acids is 1. The lowest BCUT2D eigenvalue weighted by Crippen LogP contribution is -2.37. The molecule has 0 unspecified atom stereocenters. The molecule has 4 N–H and O–H groups in total. The van der Waals surface area contributed by atoms with E-state index in [-0.39, 0.29) is 11.8 Å². The number of hydrogen-bond acceptors (Lipinski definition) is 3. The van der Waals surface area contributed by atoms with Gasteiger partial charge in [0, 0.05) is 18.2 Å². The Bertz CT molecular complexity index is 386. The SMILES string of the molecule is Nc1ccccc1CNC(=O)C1CCNCC1. The zero-order valence-corrected chi connectivity index (χ0v) is 9.91. The first-order valence-corrected chi connectivity index (χ1v) is 6.09. The summed E-state index contributed by atoms with van der Waals surface area (Å²) in [5.41, 5.74) is 7.54. The third kappa shape index (κ3) is 3.20. The Morgan fingerprint density at radius 2 is 2.06 bits per heavy atom. The maximum atomic E-state index is 11.9. The van der Waals surface area contributed by atoms with Gasteiger partial charge >= 0.3 is 0 Å². The summed E-state index contributed by atoms with van der Waals surface area (Å²) < 4.78 is 0. The number of nitrogen functional groups attached to an aromatic ring is 1. The summed E-state index contributed by atoms with van der Waals surface area (Å²) in [6.07, 6.45) is 1.85. The average molecular weight is 233 g/mol. The van der Waals surface area contributed by atoms with Crippen LogP contribution in [0.4, 0.5) is 5.69 Å². The van der Waals surface area contributed by atoms with Crippen molar-refractivity contribution in [3.63, 3.8) is 0 Å². The Balaban J connectivity index is 1.85. The van der Waals surface area contributed by atoms with Crippen molar-refractivity contribution < 1.29 is 4.79 Å². The van der Waals surface area contributed by atoms with Crippen LogP contribution in [0.25, 0.3) is 0 Å². The lowest BCUT2D eigenvalue weighted by molar-refractivity contribution is -0.125. The molecule has 0 saturated carbocycles. The first-order valence-electron chi connectivity index (χ1n) is 6.09. The number of piperidine rings is 1. The minimum atomic E-state index is 0.148. The van der Waals surface area contributed by atoms with Crippen LogP contribution in [0, 0.1) is 5.92 Å². The largest absolute Gasteiger partial charge is 0.398 e. The molecule has 4 heteroatoms. The summed E-state index contributed by atoms with van der Waals surface area (Å²) in [4.78, 5) is 11.9. The standard InChI is InChI=1S/C13H19N3O/c14-12-4-2-1-3-11(12)9-16-13(17)10-5-7-15-8-6-10/h1-4,10,15H,5-9,14H2,(H,16,17). The van der Waals surface area contributed by atoms with E-state index in [0.29, 0.717) is 6.54 Å². The monoisotopic (exact) mass is 233 g/mol. The van der Waals surface area contributed by atoms with Gasteiger partial charge in [-0.1, -0.05) is 18.2 Å². The molecule has 1 fully saturated rings. The molecule has 0 aliphatic carbocycles. The third-order valence-corrected chi connectivity index (χ3v) is 3.22. The van der Waals surface area contributed by atoms with Crippen LogP contribution < -0.4 is 16.4 Å². The molecule has 4 nitrogen and oxygen atoms in total. The second-order valence-corrected chi connectivity index (χ2v) is 4.44. The highest BCUT2D eigenvalue weighted by atomic mass is 16.1. The van der Waals surface area contributed by atoms with E-state index in [1.54, 1.807) is 0 Å². The second-order valence-electron chi connectivity index (χ2n) is 4.44. The Morgan fingerprint density at radius 1 is 1.35 bits per heavy atom. The fourth-order valence-electron chi connectivity index (χ4n) is 2.11. The van der Waals surface area contributed by atoms with Gasteiger partial charge in [0.15, 0.2) is 0 Å². The topological polar surface area (TPSA) is 67.1 Å². The number of anilines is 1. The maximum absolute atomic E-state index is 11.9. The van der Waals surface area contributed by atoms with Crippen LogP contribution in [-0.2, 0) is 11.3 Å². The number of nitrogens with two attached hydrogens (primary N) is 1. The normalized spacial score (nSPS) is 16.7. The molecule has 0 aromatic heterocycles. The molecule has 1 amide bonds. The Morgan fingerprint density at radius 3 is 2.76 bits per heavy atom. The van der Waals surface area contributed by atoms with Crippen molar-refractivity contribution in [2.24, 2.45) is 5.92 Å². The van der Waals surface area contributed by atoms with Gasteiger partial charge in [0.05, 0.1) is 0 Å². The van der Waals surface area contributed by atoms with Crippen molar-refractivity contribution >= 4 is 11.6 Å². The number of carbonyl (C=O) groups is 1. The van der Waals surface area contributed by atoms with E-state index < -0.39 is 0 Å². The van der Waals surface area contributed by atoms with E-state index in [9.17, 15) is 4.79 Å². The highest BCUT2D eigenvalue weighted by Gasteiger charge is 2.20. The molecule has 1 aromatic carbocycles. The molecule has 0 bridgehead atoms. The predicted octanol–water partition coefficient (Wildman–Crippen LogP) is 0.885. The minimum Gasteiger partial charge on any atom is -0.398 e. The first-order chi connectivity index (χ1) is 8.27. The van der Waals surface area contributed by atoms with Gasteiger partial charge in [0.25, 0.3) is 0 Å². The number of amides is 1. The molecule has 92 valence electrons. The molecule has 0 spiro atoms. The summed E-state index contributed by atoms with van der Waals surface area (Å²) in [7, 11) is 0. The van der Waals surface area contributed by atoms with Gasteiger partial charge in [-0.25, -0.2) is 0 Å². The molecule has 1 aromatic rings. The molecule has 2 rings (SSSR count). The second kappa shape index (κ2) is 5.68. The van der Waals surface area contributed by atoms with Gasteiger partial charge in [-0.15, -0.1) is 0 Å². The van der Waals surface area contributed by atoms with E-state index in [2.05, 4.69) is 10.6 Å². The summed E-state index contributed by atoms with van der Waals surface area (Å²) >= 11 is 0. The van der Waals surface area contributed by atoms with Crippen LogP contribution in [0.1, 0.15) is 18.4 Å². The zero-order valence-electron chi connectivity index (χ0n) is 9.91. The summed E-state index contributed by atoms with van der Waals surface area (Å²) in [6, 6.07) is 7.62. The molecular formula is C13H19N3O. The first kappa shape index (κ1) is 11.9. The fraction of sp³-hybridized carbons (Fsp3) is 0.462. The van der Waals surface area contributed by atoms with E-state index >= 15 is 0 Å². The zero-order chi connectivity index (χ0) is 12.1. The molecule has 1 heterocycles. The fourth-order valence-corrected chi connectivity index (χ4v) is 2.11. The van der Waals surface area contributed by atoms with E-state index in [1.807, 2.05) is 24.3 Å². The van der Waals surface area contributed by atoms with Crippen LogP contribution in [0.2, 0.25) is 0 Å². The van der Waals surface area contributed by atoms with E-state index in [4.69, 9.17) is 5.73 Å². The quantitative estimate of drug-likeness (QED) is 0.679. The van der Waals surface area contributed by atoms with Crippen LogP contribution in [0.5, 0.6) is 0 Å². The van der Waals surface area contributed by atoms with Crippen molar-refractivity contribution in [3.05, 3.63) is 29.8 Å². The molecule has 0 radical (unpaired) electrons. The molecule has 0 atom stereocenters. The van der Waals surface area contributed by atoms with Gasteiger partial charge in [-0.3, -0.25) is 4.79 Å².